The molecule has 0 radical (unpaired) electrons. The van der Waals surface area contributed by atoms with Crippen molar-refractivity contribution >= 4 is 11.3 Å². The predicted octanol–water partition coefficient (Wildman–Crippen LogP) is 4.03. The van der Waals surface area contributed by atoms with Gasteiger partial charge in [-0.15, -0.1) is 11.3 Å². The second kappa shape index (κ2) is 6.06. The maximum atomic E-state index is 4.92. The Morgan fingerprint density at radius 2 is 1.95 bits per heavy atom. The summed E-state index contributed by atoms with van der Waals surface area (Å²) in [5, 5.41) is 4.83. The molecule has 0 spiro atoms. The molecule has 2 aromatic rings. The Morgan fingerprint density at radius 3 is 2.65 bits per heavy atom. The number of nitrogens with one attached hydrogen (secondary N) is 1. The number of hydrogen-bond donors (Lipinski definition) is 1. The van der Waals surface area contributed by atoms with Gasteiger partial charge in [0.15, 0.2) is 0 Å². The highest BCUT2D eigenvalue weighted by Gasteiger charge is 2.21. The largest absolute Gasteiger partial charge is 0.305 e. The van der Waals surface area contributed by atoms with E-state index in [0.717, 1.165) is 6.54 Å². The summed E-state index contributed by atoms with van der Waals surface area (Å²) < 4.78 is 0. The van der Waals surface area contributed by atoms with Crippen molar-refractivity contribution in [1.82, 2.24) is 10.3 Å². The number of benzene rings is 1. The standard InChI is InChI=1S/C17H22N2S/c1-3-18-16(13-10-8-12(2)9-11-13)17-19-14-6-4-5-7-15(14)20-17/h8-11,16,18H,3-7H2,1-2H3. The quantitative estimate of drug-likeness (QED) is 0.918. The van der Waals surface area contributed by atoms with E-state index in [9.17, 15) is 0 Å². The van der Waals surface area contributed by atoms with Crippen molar-refractivity contribution in [3.63, 3.8) is 0 Å². The molecule has 0 saturated carbocycles. The van der Waals surface area contributed by atoms with Crippen LogP contribution in [-0.2, 0) is 12.8 Å². The molecule has 20 heavy (non-hydrogen) atoms. The summed E-state index contributed by atoms with van der Waals surface area (Å²) in [6.07, 6.45) is 5.01. The Labute approximate surface area is 125 Å². The molecular formula is C17H22N2S. The van der Waals surface area contributed by atoms with E-state index in [1.807, 2.05) is 11.3 Å². The third kappa shape index (κ3) is 2.79. The van der Waals surface area contributed by atoms with Crippen molar-refractivity contribution < 1.29 is 0 Å². The summed E-state index contributed by atoms with van der Waals surface area (Å²) in [6, 6.07) is 9.07. The van der Waals surface area contributed by atoms with E-state index in [2.05, 4.69) is 43.4 Å². The summed E-state index contributed by atoms with van der Waals surface area (Å²) in [5.74, 6) is 0. The molecule has 3 heteroatoms. The van der Waals surface area contributed by atoms with Crippen LogP contribution in [0.3, 0.4) is 0 Å². The first-order valence-electron chi connectivity index (χ1n) is 7.56. The van der Waals surface area contributed by atoms with Gasteiger partial charge >= 0.3 is 0 Å². The van der Waals surface area contributed by atoms with E-state index < -0.39 is 0 Å². The highest BCUT2D eigenvalue weighted by Crippen LogP contribution is 2.32. The summed E-state index contributed by atoms with van der Waals surface area (Å²) in [6.45, 7) is 5.26. The number of aromatic nitrogens is 1. The fraction of sp³-hybridized carbons (Fsp3) is 0.471. The average molecular weight is 286 g/mol. The zero-order valence-corrected chi connectivity index (χ0v) is 13.1. The molecule has 1 aliphatic rings. The maximum Gasteiger partial charge on any atom is 0.115 e. The van der Waals surface area contributed by atoms with Crippen LogP contribution in [0.1, 0.15) is 52.5 Å². The van der Waals surface area contributed by atoms with E-state index in [-0.39, 0.29) is 6.04 Å². The van der Waals surface area contributed by atoms with Gasteiger partial charge in [0, 0.05) is 4.88 Å². The van der Waals surface area contributed by atoms with Crippen LogP contribution in [-0.4, -0.2) is 11.5 Å². The molecule has 1 aromatic heterocycles. The zero-order valence-electron chi connectivity index (χ0n) is 12.3. The lowest BCUT2D eigenvalue weighted by Gasteiger charge is -2.16. The van der Waals surface area contributed by atoms with Gasteiger partial charge < -0.3 is 5.32 Å². The Bertz CT molecular complexity index is 548. The minimum Gasteiger partial charge on any atom is -0.305 e. The molecular weight excluding hydrogens is 264 g/mol. The monoisotopic (exact) mass is 286 g/mol. The number of thiazole rings is 1. The van der Waals surface area contributed by atoms with Crippen molar-refractivity contribution in [2.24, 2.45) is 0 Å². The Balaban J connectivity index is 1.93. The molecule has 1 heterocycles. The third-order valence-corrected chi connectivity index (χ3v) is 5.15. The first-order valence-corrected chi connectivity index (χ1v) is 8.38. The van der Waals surface area contributed by atoms with Gasteiger partial charge in [-0.3, -0.25) is 0 Å². The molecule has 0 fully saturated rings. The van der Waals surface area contributed by atoms with Crippen molar-refractivity contribution in [1.29, 1.82) is 0 Å². The summed E-state index contributed by atoms with van der Waals surface area (Å²) in [5.41, 5.74) is 3.98. The van der Waals surface area contributed by atoms with Gasteiger partial charge in [0.1, 0.15) is 5.01 Å². The smallest absolute Gasteiger partial charge is 0.115 e. The lowest BCUT2D eigenvalue weighted by atomic mass is 10.0. The first kappa shape index (κ1) is 13.8. The van der Waals surface area contributed by atoms with Gasteiger partial charge in [-0.25, -0.2) is 4.98 Å². The topological polar surface area (TPSA) is 24.9 Å². The van der Waals surface area contributed by atoms with Crippen LogP contribution in [0.25, 0.3) is 0 Å². The molecule has 1 aromatic carbocycles. The lowest BCUT2D eigenvalue weighted by molar-refractivity contribution is 0.620. The minimum absolute atomic E-state index is 0.246. The van der Waals surface area contributed by atoms with Crippen molar-refractivity contribution in [2.75, 3.05) is 6.54 Å². The molecule has 106 valence electrons. The van der Waals surface area contributed by atoms with Gasteiger partial charge in [0.25, 0.3) is 0 Å². The van der Waals surface area contributed by atoms with Gasteiger partial charge in [-0.05, 0) is 44.7 Å². The highest BCUT2D eigenvalue weighted by atomic mass is 32.1. The van der Waals surface area contributed by atoms with E-state index in [1.54, 1.807) is 0 Å². The molecule has 0 aliphatic heterocycles. The number of hydrogen-bond acceptors (Lipinski definition) is 3. The van der Waals surface area contributed by atoms with E-state index in [0.29, 0.717) is 0 Å². The third-order valence-electron chi connectivity index (χ3n) is 3.93. The van der Waals surface area contributed by atoms with Crippen molar-refractivity contribution in [2.45, 2.75) is 45.6 Å². The zero-order chi connectivity index (χ0) is 13.9. The second-order valence-electron chi connectivity index (χ2n) is 5.53. The number of nitrogens with zero attached hydrogens (tertiary/aromatic N) is 1. The lowest BCUT2D eigenvalue weighted by Crippen LogP contribution is -2.21. The van der Waals surface area contributed by atoms with E-state index in [4.69, 9.17) is 4.98 Å². The number of rotatable bonds is 4. The van der Waals surface area contributed by atoms with Crippen LogP contribution in [0.2, 0.25) is 0 Å². The fourth-order valence-electron chi connectivity index (χ4n) is 2.81. The van der Waals surface area contributed by atoms with Crippen LogP contribution >= 0.6 is 11.3 Å². The normalized spacial score (nSPS) is 15.9. The highest BCUT2D eigenvalue weighted by molar-refractivity contribution is 7.11. The summed E-state index contributed by atoms with van der Waals surface area (Å²) in [4.78, 5) is 6.44. The van der Waals surface area contributed by atoms with Crippen LogP contribution in [0.4, 0.5) is 0 Å². The van der Waals surface area contributed by atoms with Crippen molar-refractivity contribution in [3.05, 3.63) is 51.0 Å². The van der Waals surface area contributed by atoms with Gasteiger partial charge in [0.05, 0.1) is 11.7 Å². The molecule has 2 nitrogen and oxygen atoms in total. The Kier molecular flexibility index (Phi) is 4.18. The second-order valence-corrected chi connectivity index (χ2v) is 6.65. The van der Waals surface area contributed by atoms with Gasteiger partial charge in [-0.1, -0.05) is 36.8 Å². The average Bonchev–Trinajstić information content (AvgIpc) is 2.89. The van der Waals surface area contributed by atoms with Crippen LogP contribution < -0.4 is 5.32 Å². The molecule has 3 rings (SSSR count). The molecule has 0 saturated heterocycles. The van der Waals surface area contributed by atoms with Crippen LogP contribution in [0.5, 0.6) is 0 Å². The van der Waals surface area contributed by atoms with E-state index >= 15 is 0 Å². The molecule has 1 atom stereocenters. The number of aryl methyl sites for hydroxylation is 3. The van der Waals surface area contributed by atoms with Gasteiger partial charge in [0.2, 0.25) is 0 Å². The molecule has 1 N–H and O–H groups in total. The van der Waals surface area contributed by atoms with E-state index in [1.165, 1.54) is 52.4 Å². The molecule has 1 aliphatic carbocycles. The first-order chi connectivity index (χ1) is 9.78. The predicted molar refractivity (Wildman–Crippen MR) is 85.5 cm³/mol. The SMILES string of the molecule is CCNC(c1ccc(C)cc1)c1nc2c(s1)CCCC2. The molecule has 0 bridgehead atoms. The van der Waals surface area contributed by atoms with Crippen LogP contribution in [0, 0.1) is 6.92 Å². The van der Waals surface area contributed by atoms with Crippen LogP contribution in [0.15, 0.2) is 24.3 Å². The number of fused-ring (bicyclic) bond motifs is 1. The minimum atomic E-state index is 0.246. The maximum absolute atomic E-state index is 4.92. The van der Waals surface area contributed by atoms with Crippen molar-refractivity contribution in [3.8, 4) is 0 Å². The Hall–Kier alpha value is -1.19. The summed E-state index contributed by atoms with van der Waals surface area (Å²) in [7, 11) is 0. The Morgan fingerprint density at radius 1 is 1.20 bits per heavy atom. The molecule has 0 amide bonds. The van der Waals surface area contributed by atoms with Gasteiger partial charge in [-0.2, -0.15) is 0 Å². The summed E-state index contributed by atoms with van der Waals surface area (Å²) >= 11 is 1.91. The fourth-order valence-corrected chi connectivity index (χ4v) is 4.06. The molecule has 1 unspecified atom stereocenters.